The summed E-state index contributed by atoms with van der Waals surface area (Å²) < 4.78 is 41.7. The van der Waals surface area contributed by atoms with Gasteiger partial charge >= 0.3 is 0 Å². The number of nitrogens with zero attached hydrogens (tertiary/aromatic N) is 5. The van der Waals surface area contributed by atoms with Crippen LogP contribution in [0.2, 0.25) is 0 Å². The van der Waals surface area contributed by atoms with Crippen molar-refractivity contribution in [2.45, 2.75) is 44.3 Å². The fourth-order valence-corrected chi connectivity index (χ4v) is 6.17. The molecular formula is C23H27N5O4S. The Bertz CT molecular complexity index is 1270. The summed E-state index contributed by atoms with van der Waals surface area (Å²) in [6, 6.07) is 11.0. The van der Waals surface area contributed by atoms with E-state index in [0.717, 1.165) is 11.4 Å². The van der Waals surface area contributed by atoms with E-state index in [1.54, 1.807) is 10.7 Å². The van der Waals surface area contributed by atoms with Crippen LogP contribution in [-0.2, 0) is 19.5 Å². The zero-order chi connectivity index (χ0) is 23.2. The molecule has 5 rings (SSSR count). The van der Waals surface area contributed by atoms with Crippen molar-refractivity contribution >= 4 is 10.0 Å². The molecule has 2 fully saturated rings. The average molecular weight is 470 g/mol. The molecule has 174 valence electrons. The Balaban J connectivity index is 1.40. The van der Waals surface area contributed by atoms with Crippen LogP contribution in [0.1, 0.15) is 29.8 Å². The van der Waals surface area contributed by atoms with Gasteiger partial charge in [0.25, 0.3) is 0 Å². The third kappa shape index (κ3) is 4.08. The smallest absolute Gasteiger partial charge is 0.243 e. The molecule has 0 bridgehead atoms. The molecule has 10 heteroatoms. The highest BCUT2D eigenvalue weighted by Gasteiger charge is 2.42. The molecule has 0 N–H and O–H groups in total. The number of rotatable bonds is 4. The van der Waals surface area contributed by atoms with Gasteiger partial charge in [0.15, 0.2) is 11.6 Å². The van der Waals surface area contributed by atoms with Crippen molar-refractivity contribution in [2.24, 2.45) is 0 Å². The van der Waals surface area contributed by atoms with Gasteiger partial charge in [0.05, 0.1) is 29.5 Å². The number of benzene rings is 1. The third-order valence-corrected chi connectivity index (χ3v) is 8.32. The van der Waals surface area contributed by atoms with Crippen molar-refractivity contribution in [3.05, 3.63) is 53.3 Å². The number of ether oxygens (including phenoxy) is 2. The molecule has 0 aliphatic carbocycles. The molecule has 33 heavy (non-hydrogen) atoms. The van der Waals surface area contributed by atoms with Gasteiger partial charge in [-0.05, 0) is 50.6 Å². The number of hydrogen-bond donors (Lipinski definition) is 0. The standard InChI is InChI=1S/C23H27N5O4S/c1-16-4-5-19(20-6-7-22(25-24-20)28-18(3)14-17(2)26-28)15-21(16)33(29,30)27-10-8-23(9-11-27)31-12-13-32-23/h4-7,14-15H,8-13H2,1-3H3. The molecular weight excluding hydrogens is 442 g/mol. The zero-order valence-electron chi connectivity index (χ0n) is 19.0. The van der Waals surface area contributed by atoms with Crippen LogP contribution in [0, 0.1) is 20.8 Å². The van der Waals surface area contributed by atoms with Crippen LogP contribution >= 0.6 is 0 Å². The van der Waals surface area contributed by atoms with Crippen LogP contribution in [0.25, 0.3) is 17.1 Å². The summed E-state index contributed by atoms with van der Waals surface area (Å²) in [5.74, 6) is -0.00553. The molecule has 0 amide bonds. The molecule has 2 saturated heterocycles. The zero-order valence-corrected chi connectivity index (χ0v) is 19.8. The Hall–Kier alpha value is -2.66. The Labute approximate surface area is 193 Å². The monoisotopic (exact) mass is 469 g/mol. The van der Waals surface area contributed by atoms with Crippen LogP contribution in [0.5, 0.6) is 0 Å². The van der Waals surface area contributed by atoms with Crippen LogP contribution in [0.3, 0.4) is 0 Å². The first kappa shape index (κ1) is 22.1. The lowest BCUT2D eigenvalue weighted by Gasteiger charge is -2.37. The first-order valence-electron chi connectivity index (χ1n) is 11.0. The maximum Gasteiger partial charge on any atom is 0.243 e. The highest BCUT2D eigenvalue weighted by Crippen LogP contribution is 2.34. The normalized spacial score (nSPS) is 18.8. The second kappa shape index (κ2) is 8.28. The number of aryl methyl sites for hydroxylation is 3. The quantitative estimate of drug-likeness (QED) is 0.579. The second-order valence-electron chi connectivity index (χ2n) is 8.61. The van der Waals surface area contributed by atoms with Gasteiger partial charge in [-0.2, -0.15) is 9.40 Å². The minimum absolute atomic E-state index is 0.286. The molecule has 0 unspecified atom stereocenters. The summed E-state index contributed by atoms with van der Waals surface area (Å²) in [5, 5.41) is 13.1. The summed E-state index contributed by atoms with van der Waals surface area (Å²) in [5.41, 5.74) is 3.86. The van der Waals surface area contributed by atoms with E-state index < -0.39 is 15.8 Å². The molecule has 0 radical (unpaired) electrons. The third-order valence-electron chi connectivity index (χ3n) is 6.28. The van der Waals surface area contributed by atoms with Crippen LogP contribution in [0.4, 0.5) is 0 Å². The Morgan fingerprint density at radius 3 is 2.27 bits per heavy atom. The van der Waals surface area contributed by atoms with Gasteiger partial charge in [-0.15, -0.1) is 10.2 Å². The summed E-state index contributed by atoms with van der Waals surface area (Å²) >= 11 is 0. The predicted molar refractivity (Wildman–Crippen MR) is 121 cm³/mol. The second-order valence-corrected chi connectivity index (χ2v) is 10.5. The lowest BCUT2D eigenvalue weighted by Crippen LogP contribution is -2.47. The van der Waals surface area contributed by atoms with Crippen LogP contribution in [-0.4, -0.2) is 64.8 Å². The minimum Gasteiger partial charge on any atom is -0.347 e. The predicted octanol–water partition coefficient (Wildman–Crippen LogP) is 2.78. The number of sulfonamides is 1. The van der Waals surface area contributed by atoms with Crippen molar-refractivity contribution < 1.29 is 17.9 Å². The van der Waals surface area contributed by atoms with E-state index in [0.29, 0.717) is 61.8 Å². The maximum atomic E-state index is 13.5. The fraction of sp³-hybridized carbons (Fsp3) is 0.435. The van der Waals surface area contributed by atoms with E-state index in [1.807, 2.05) is 51.1 Å². The van der Waals surface area contributed by atoms with E-state index in [2.05, 4.69) is 15.3 Å². The molecule has 2 aliphatic rings. The van der Waals surface area contributed by atoms with Crippen molar-refractivity contribution in [1.29, 1.82) is 0 Å². The molecule has 0 atom stereocenters. The summed E-state index contributed by atoms with van der Waals surface area (Å²) in [7, 11) is -3.66. The molecule has 2 aromatic heterocycles. The van der Waals surface area contributed by atoms with E-state index >= 15 is 0 Å². The Kier molecular flexibility index (Phi) is 5.56. The lowest BCUT2D eigenvalue weighted by atomic mass is 10.1. The van der Waals surface area contributed by atoms with Gasteiger partial charge in [-0.1, -0.05) is 12.1 Å². The Morgan fingerprint density at radius 2 is 1.67 bits per heavy atom. The van der Waals surface area contributed by atoms with Gasteiger partial charge in [-0.25, -0.2) is 13.1 Å². The van der Waals surface area contributed by atoms with E-state index in [1.165, 1.54) is 4.31 Å². The van der Waals surface area contributed by atoms with Crippen molar-refractivity contribution in [2.75, 3.05) is 26.3 Å². The van der Waals surface area contributed by atoms with Gasteiger partial charge in [-0.3, -0.25) is 0 Å². The largest absolute Gasteiger partial charge is 0.347 e. The molecule has 4 heterocycles. The minimum atomic E-state index is -3.66. The van der Waals surface area contributed by atoms with Gasteiger partial charge < -0.3 is 9.47 Å². The summed E-state index contributed by atoms with van der Waals surface area (Å²) in [6.07, 6.45) is 1.06. The Morgan fingerprint density at radius 1 is 0.939 bits per heavy atom. The maximum absolute atomic E-state index is 13.5. The van der Waals surface area contributed by atoms with Gasteiger partial charge in [0.1, 0.15) is 0 Å². The molecule has 3 aromatic rings. The molecule has 2 aliphatic heterocycles. The summed E-state index contributed by atoms with van der Waals surface area (Å²) in [4.78, 5) is 0.286. The highest BCUT2D eigenvalue weighted by atomic mass is 32.2. The number of hydrogen-bond acceptors (Lipinski definition) is 7. The topological polar surface area (TPSA) is 99.4 Å². The first-order valence-corrected chi connectivity index (χ1v) is 12.5. The van der Waals surface area contributed by atoms with Crippen molar-refractivity contribution in [3.63, 3.8) is 0 Å². The number of aromatic nitrogens is 4. The fourth-order valence-electron chi connectivity index (χ4n) is 4.48. The lowest BCUT2D eigenvalue weighted by molar-refractivity contribution is -0.179. The first-order chi connectivity index (χ1) is 15.8. The van der Waals surface area contributed by atoms with Gasteiger partial charge in [0.2, 0.25) is 10.0 Å². The highest BCUT2D eigenvalue weighted by molar-refractivity contribution is 7.89. The molecule has 1 aromatic carbocycles. The summed E-state index contributed by atoms with van der Waals surface area (Å²) in [6.45, 7) is 7.55. The average Bonchev–Trinajstić information content (AvgIpc) is 3.40. The van der Waals surface area contributed by atoms with E-state index in [4.69, 9.17) is 9.47 Å². The van der Waals surface area contributed by atoms with Crippen molar-refractivity contribution in [1.82, 2.24) is 24.3 Å². The molecule has 9 nitrogen and oxygen atoms in total. The van der Waals surface area contributed by atoms with Gasteiger partial charge in [0, 0.05) is 37.2 Å². The van der Waals surface area contributed by atoms with Crippen molar-refractivity contribution in [3.8, 4) is 17.1 Å². The number of piperidine rings is 1. The van der Waals surface area contributed by atoms with Crippen LogP contribution < -0.4 is 0 Å². The van der Waals surface area contributed by atoms with E-state index in [9.17, 15) is 8.42 Å². The SMILES string of the molecule is Cc1cc(C)n(-c2ccc(-c3ccc(C)c(S(=O)(=O)N4CCC5(CC4)OCCO5)c3)nn2)n1. The van der Waals surface area contributed by atoms with Crippen LogP contribution in [0.15, 0.2) is 41.3 Å². The van der Waals surface area contributed by atoms with E-state index in [-0.39, 0.29) is 4.90 Å². The molecule has 0 saturated carbocycles. The molecule has 1 spiro atoms.